The summed E-state index contributed by atoms with van der Waals surface area (Å²) in [6.45, 7) is -0.256. The van der Waals surface area contributed by atoms with Gasteiger partial charge in [-0.2, -0.15) is 5.26 Å². The highest BCUT2D eigenvalue weighted by molar-refractivity contribution is 7.91. The van der Waals surface area contributed by atoms with Crippen molar-refractivity contribution >= 4 is 31.5 Å². The van der Waals surface area contributed by atoms with E-state index in [1.807, 2.05) is 0 Å². The van der Waals surface area contributed by atoms with E-state index in [9.17, 15) is 16.8 Å². The van der Waals surface area contributed by atoms with Gasteiger partial charge in [-0.05, 0) is 18.2 Å². The monoisotopic (exact) mass is 322 g/mol. The van der Waals surface area contributed by atoms with Gasteiger partial charge in [-0.15, -0.1) is 0 Å². The third kappa shape index (κ3) is 4.80. The van der Waals surface area contributed by atoms with E-state index >= 15 is 0 Å². The van der Waals surface area contributed by atoms with Gasteiger partial charge in [0.2, 0.25) is 10.0 Å². The lowest BCUT2D eigenvalue weighted by Crippen LogP contribution is -2.29. The normalized spacial score (nSPS) is 12.1. The van der Waals surface area contributed by atoms with E-state index in [-0.39, 0.29) is 27.8 Å². The number of rotatable bonds is 5. The minimum Gasteiger partial charge on any atom is -0.229 e. The first-order chi connectivity index (χ1) is 8.65. The molecule has 0 heterocycles. The van der Waals surface area contributed by atoms with Crippen LogP contribution in [0.5, 0.6) is 0 Å². The topological polar surface area (TPSA) is 104 Å². The maximum atomic E-state index is 11.9. The Kier molecular flexibility index (Phi) is 4.92. The number of sulfone groups is 1. The van der Waals surface area contributed by atoms with Crippen LogP contribution in [0.2, 0.25) is 5.02 Å². The van der Waals surface area contributed by atoms with Crippen molar-refractivity contribution in [3.63, 3.8) is 0 Å². The van der Waals surface area contributed by atoms with E-state index in [2.05, 4.69) is 4.72 Å². The summed E-state index contributed by atoms with van der Waals surface area (Å²) in [5, 5.41) is 8.68. The molecule has 19 heavy (non-hydrogen) atoms. The fraction of sp³-hybridized carbons (Fsp3) is 0.300. The maximum Gasteiger partial charge on any atom is 0.242 e. The molecule has 1 aromatic carbocycles. The van der Waals surface area contributed by atoms with Gasteiger partial charge in [0, 0.05) is 12.8 Å². The van der Waals surface area contributed by atoms with Gasteiger partial charge in [0.1, 0.15) is 14.7 Å². The molecule has 1 aromatic rings. The predicted octanol–water partition coefficient (Wildman–Crippen LogP) is 0.535. The molecule has 0 spiro atoms. The van der Waals surface area contributed by atoms with Crippen LogP contribution in [0.4, 0.5) is 0 Å². The van der Waals surface area contributed by atoms with Crippen molar-refractivity contribution in [3.8, 4) is 6.07 Å². The molecular formula is C10H11ClN2O4S2. The van der Waals surface area contributed by atoms with Gasteiger partial charge >= 0.3 is 0 Å². The number of nitriles is 1. The minimum atomic E-state index is -3.94. The Morgan fingerprint density at radius 3 is 2.47 bits per heavy atom. The molecule has 0 aliphatic rings. The molecule has 1 N–H and O–H groups in total. The standard InChI is InChI=1S/C10H11ClN2O4S2/c1-18(14,15)5-4-13-19(16,17)10-6-8(7-12)2-3-9(10)11/h2-3,6,13H,4-5H2,1H3. The van der Waals surface area contributed by atoms with Crippen LogP contribution in [-0.2, 0) is 19.9 Å². The molecule has 0 atom stereocenters. The van der Waals surface area contributed by atoms with E-state index < -0.39 is 19.9 Å². The molecule has 1 rings (SSSR count). The quantitative estimate of drug-likeness (QED) is 0.851. The van der Waals surface area contributed by atoms with Gasteiger partial charge in [-0.25, -0.2) is 21.6 Å². The number of hydrogen-bond acceptors (Lipinski definition) is 5. The summed E-state index contributed by atoms with van der Waals surface area (Å²) >= 11 is 5.76. The molecule has 0 fully saturated rings. The molecule has 0 unspecified atom stereocenters. The van der Waals surface area contributed by atoms with Crippen molar-refractivity contribution < 1.29 is 16.8 Å². The summed E-state index contributed by atoms with van der Waals surface area (Å²) < 4.78 is 47.8. The molecule has 0 aromatic heterocycles. The van der Waals surface area contributed by atoms with Crippen molar-refractivity contribution in [2.45, 2.75) is 4.90 Å². The zero-order chi connectivity index (χ0) is 14.7. The fourth-order valence-corrected chi connectivity index (χ4v) is 3.38. The molecule has 0 aliphatic carbocycles. The molecule has 9 heteroatoms. The van der Waals surface area contributed by atoms with Crippen LogP contribution < -0.4 is 4.72 Å². The van der Waals surface area contributed by atoms with Gasteiger partial charge in [0.05, 0.1) is 22.4 Å². The Hall–Kier alpha value is -1.14. The van der Waals surface area contributed by atoms with E-state index in [1.54, 1.807) is 6.07 Å². The van der Waals surface area contributed by atoms with E-state index in [0.29, 0.717) is 0 Å². The number of benzene rings is 1. The second-order valence-electron chi connectivity index (χ2n) is 3.78. The van der Waals surface area contributed by atoms with Gasteiger partial charge < -0.3 is 0 Å². The molecular weight excluding hydrogens is 312 g/mol. The van der Waals surface area contributed by atoms with Gasteiger partial charge in [0.15, 0.2) is 0 Å². The molecule has 6 nitrogen and oxygen atoms in total. The van der Waals surface area contributed by atoms with Gasteiger partial charge in [-0.3, -0.25) is 0 Å². The first-order valence-electron chi connectivity index (χ1n) is 5.03. The molecule has 0 amide bonds. The number of halogens is 1. The third-order valence-corrected chi connectivity index (χ3v) is 5.00. The van der Waals surface area contributed by atoms with E-state index in [4.69, 9.17) is 16.9 Å². The number of hydrogen-bond donors (Lipinski definition) is 1. The molecule has 104 valence electrons. The Morgan fingerprint density at radius 1 is 1.32 bits per heavy atom. The highest BCUT2D eigenvalue weighted by Crippen LogP contribution is 2.22. The van der Waals surface area contributed by atoms with Crippen molar-refractivity contribution in [2.24, 2.45) is 0 Å². The van der Waals surface area contributed by atoms with Crippen LogP contribution in [0.25, 0.3) is 0 Å². The highest BCUT2D eigenvalue weighted by atomic mass is 35.5. The predicted molar refractivity (Wildman–Crippen MR) is 71.1 cm³/mol. The fourth-order valence-electron chi connectivity index (χ4n) is 1.22. The zero-order valence-corrected chi connectivity index (χ0v) is 12.3. The Morgan fingerprint density at radius 2 is 1.95 bits per heavy atom. The minimum absolute atomic E-state index is 0.0362. The summed E-state index contributed by atoms with van der Waals surface area (Å²) in [5.74, 6) is -0.318. The summed E-state index contributed by atoms with van der Waals surface area (Å²) in [7, 11) is -7.21. The Balaban J connectivity index is 2.98. The average molecular weight is 323 g/mol. The summed E-state index contributed by atoms with van der Waals surface area (Å²) in [5.41, 5.74) is 0.146. The van der Waals surface area contributed by atoms with Gasteiger partial charge in [-0.1, -0.05) is 11.6 Å². The Labute approximate surface area is 117 Å². The van der Waals surface area contributed by atoms with Crippen LogP contribution in [0.15, 0.2) is 23.1 Å². The van der Waals surface area contributed by atoms with Crippen molar-refractivity contribution in [1.29, 1.82) is 5.26 Å². The molecule has 0 saturated heterocycles. The second-order valence-corrected chi connectivity index (χ2v) is 8.19. The highest BCUT2D eigenvalue weighted by Gasteiger charge is 2.18. The molecule has 0 bridgehead atoms. The SMILES string of the molecule is CS(=O)(=O)CCNS(=O)(=O)c1cc(C#N)ccc1Cl. The smallest absolute Gasteiger partial charge is 0.229 e. The van der Waals surface area contributed by atoms with Crippen LogP contribution in [0.1, 0.15) is 5.56 Å². The van der Waals surface area contributed by atoms with Crippen molar-refractivity contribution in [2.75, 3.05) is 18.6 Å². The van der Waals surface area contributed by atoms with Crippen LogP contribution >= 0.6 is 11.6 Å². The second kappa shape index (κ2) is 5.88. The van der Waals surface area contributed by atoms with E-state index in [0.717, 1.165) is 12.3 Å². The molecule has 0 radical (unpaired) electrons. The lowest BCUT2D eigenvalue weighted by atomic mass is 10.2. The first kappa shape index (κ1) is 15.9. The summed E-state index contributed by atoms with van der Waals surface area (Å²) in [6, 6.07) is 5.61. The number of nitrogens with one attached hydrogen (secondary N) is 1. The summed E-state index contributed by atoms with van der Waals surface area (Å²) in [6.07, 6.45) is 1.00. The largest absolute Gasteiger partial charge is 0.242 e. The van der Waals surface area contributed by atoms with Crippen LogP contribution in [0.3, 0.4) is 0 Å². The lowest BCUT2D eigenvalue weighted by Gasteiger charge is -2.08. The number of nitrogens with zero attached hydrogens (tertiary/aromatic N) is 1. The van der Waals surface area contributed by atoms with Crippen LogP contribution in [-0.4, -0.2) is 35.4 Å². The van der Waals surface area contributed by atoms with E-state index in [1.165, 1.54) is 12.1 Å². The maximum absolute atomic E-state index is 11.9. The first-order valence-corrected chi connectivity index (χ1v) is 8.95. The zero-order valence-electron chi connectivity index (χ0n) is 9.92. The Bertz CT molecular complexity index is 720. The molecule has 0 saturated carbocycles. The molecule has 0 aliphatic heterocycles. The van der Waals surface area contributed by atoms with Crippen molar-refractivity contribution in [3.05, 3.63) is 28.8 Å². The summed E-state index contributed by atoms with van der Waals surface area (Å²) in [4.78, 5) is -0.248. The van der Waals surface area contributed by atoms with Gasteiger partial charge in [0.25, 0.3) is 0 Å². The average Bonchev–Trinajstić information content (AvgIpc) is 2.27. The van der Waals surface area contributed by atoms with Crippen LogP contribution in [0, 0.1) is 11.3 Å². The number of sulfonamides is 1. The van der Waals surface area contributed by atoms with Crippen molar-refractivity contribution in [1.82, 2.24) is 4.72 Å². The lowest BCUT2D eigenvalue weighted by molar-refractivity contribution is 0.582. The third-order valence-electron chi connectivity index (χ3n) is 2.11.